The molecule has 24 heavy (non-hydrogen) atoms. The number of nitrogens with zero attached hydrogens (tertiary/aromatic N) is 1. The van der Waals surface area contributed by atoms with E-state index in [2.05, 4.69) is 10.7 Å². The molecule has 1 unspecified atom stereocenters. The first kappa shape index (κ1) is 16.0. The lowest BCUT2D eigenvalue weighted by Crippen LogP contribution is -2.33. The first-order valence-corrected chi connectivity index (χ1v) is 7.95. The number of hydrogen-bond acceptors (Lipinski definition) is 4. The Morgan fingerprint density at radius 2 is 2.08 bits per heavy atom. The number of hydrogen-bond donors (Lipinski definition) is 2. The lowest BCUT2D eigenvalue weighted by Gasteiger charge is -2.07. The zero-order chi connectivity index (χ0) is 17.1. The van der Waals surface area contributed by atoms with Crippen molar-refractivity contribution in [2.75, 3.05) is 5.32 Å². The molecule has 6 heteroatoms. The number of hydrazone groups is 1. The van der Waals surface area contributed by atoms with Crippen LogP contribution in [0, 0.1) is 0 Å². The van der Waals surface area contributed by atoms with Crippen LogP contribution in [-0.2, 0) is 9.59 Å². The molecule has 1 atom stereocenters. The minimum atomic E-state index is -0.148. The zero-order valence-corrected chi connectivity index (χ0v) is 13.7. The van der Waals surface area contributed by atoms with Gasteiger partial charge in [0.2, 0.25) is 11.6 Å². The van der Waals surface area contributed by atoms with E-state index in [1.54, 1.807) is 10.9 Å². The van der Waals surface area contributed by atoms with Gasteiger partial charge in [0.15, 0.2) is 0 Å². The first-order chi connectivity index (χ1) is 11.6. The highest BCUT2D eigenvalue weighted by molar-refractivity contribution is 6.07. The number of nitrogens with one attached hydrogen (secondary N) is 2. The molecule has 1 aliphatic heterocycles. The van der Waals surface area contributed by atoms with Gasteiger partial charge >= 0.3 is 5.91 Å². The number of para-hydroxylation sites is 1. The van der Waals surface area contributed by atoms with E-state index in [9.17, 15) is 9.59 Å². The van der Waals surface area contributed by atoms with Gasteiger partial charge in [-0.3, -0.25) is 4.79 Å². The van der Waals surface area contributed by atoms with Gasteiger partial charge in [-0.1, -0.05) is 19.1 Å². The SMILES string of the molecule is CCC(=O)[N+]1=C(c2ccccc2NC(C)=O)CC(c2ccco2)N1. The quantitative estimate of drug-likeness (QED) is 0.847. The van der Waals surface area contributed by atoms with Crippen LogP contribution in [0.4, 0.5) is 5.69 Å². The number of carbonyl (C=O) groups excluding carboxylic acids is 2. The van der Waals surface area contributed by atoms with Crippen molar-refractivity contribution < 1.29 is 18.7 Å². The molecule has 2 aromatic rings. The normalized spacial score (nSPS) is 16.8. The molecule has 6 nitrogen and oxygen atoms in total. The van der Waals surface area contributed by atoms with Crippen LogP contribution in [0.3, 0.4) is 0 Å². The van der Waals surface area contributed by atoms with Crippen molar-refractivity contribution in [3.8, 4) is 0 Å². The molecule has 0 saturated heterocycles. The van der Waals surface area contributed by atoms with Crippen molar-refractivity contribution in [3.05, 3.63) is 54.0 Å². The van der Waals surface area contributed by atoms with E-state index < -0.39 is 0 Å². The van der Waals surface area contributed by atoms with Gasteiger partial charge in [0.05, 0.1) is 30.4 Å². The van der Waals surface area contributed by atoms with E-state index in [0.29, 0.717) is 18.5 Å². The predicted octanol–water partition coefficient (Wildman–Crippen LogP) is 2.63. The number of hydrazine groups is 1. The Morgan fingerprint density at radius 1 is 1.29 bits per heavy atom. The van der Waals surface area contributed by atoms with Crippen LogP contribution in [-0.4, -0.2) is 22.2 Å². The van der Waals surface area contributed by atoms with Gasteiger partial charge in [-0.05, 0) is 28.9 Å². The van der Waals surface area contributed by atoms with E-state index >= 15 is 0 Å². The van der Waals surface area contributed by atoms with Gasteiger partial charge in [-0.2, -0.15) is 5.43 Å². The molecule has 0 radical (unpaired) electrons. The van der Waals surface area contributed by atoms with Gasteiger partial charge in [-0.25, -0.2) is 4.79 Å². The van der Waals surface area contributed by atoms with Gasteiger partial charge < -0.3 is 9.73 Å². The molecule has 1 aliphatic rings. The van der Waals surface area contributed by atoms with Crippen molar-refractivity contribution >= 4 is 23.2 Å². The van der Waals surface area contributed by atoms with Crippen molar-refractivity contribution in [1.29, 1.82) is 0 Å². The summed E-state index contributed by atoms with van der Waals surface area (Å²) < 4.78 is 7.05. The molecule has 1 aromatic heterocycles. The molecule has 2 amide bonds. The topological polar surface area (TPSA) is 74.3 Å². The third kappa shape index (κ3) is 3.08. The summed E-state index contributed by atoms with van der Waals surface area (Å²) in [6.07, 6.45) is 2.59. The number of anilines is 1. The van der Waals surface area contributed by atoms with E-state index in [-0.39, 0.29) is 17.9 Å². The lowest BCUT2D eigenvalue weighted by molar-refractivity contribution is -0.506. The summed E-state index contributed by atoms with van der Waals surface area (Å²) in [5.41, 5.74) is 5.56. The molecule has 0 spiro atoms. The minimum Gasteiger partial charge on any atom is -0.467 e. The average molecular weight is 326 g/mol. The summed E-state index contributed by atoms with van der Waals surface area (Å²) in [6, 6.07) is 11.1. The maximum atomic E-state index is 12.4. The minimum absolute atomic E-state index is 0.0308. The number of carbonyl (C=O) groups is 2. The molecule has 2 heterocycles. The Morgan fingerprint density at radius 3 is 2.75 bits per heavy atom. The highest BCUT2D eigenvalue weighted by Crippen LogP contribution is 2.28. The van der Waals surface area contributed by atoms with Gasteiger partial charge in [0.1, 0.15) is 11.8 Å². The van der Waals surface area contributed by atoms with Crippen molar-refractivity contribution in [1.82, 2.24) is 5.43 Å². The first-order valence-electron chi connectivity index (χ1n) is 7.95. The van der Waals surface area contributed by atoms with Gasteiger partial charge in [-0.15, -0.1) is 0 Å². The molecule has 124 valence electrons. The second kappa shape index (κ2) is 6.70. The monoisotopic (exact) mass is 326 g/mol. The fourth-order valence-corrected chi connectivity index (χ4v) is 2.86. The lowest BCUT2D eigenvalue weighted by atomic mass is 10.0. The molecule has 0 saturated carbocycles. The van der Waals surface area contributed by atoms with E-state index in [0.717, 1.165) is 17.0 Å². The predicted molar refractivity (Wildman–Crippen MR) is 89.6 cm³/mol. The maximum Gasteiger partial charge on any atom is 0.414 e. The fourth-order valence-electron chi connectivity index (χ4n) is 2.86. The van der Waals surface area contributed by atoms with Crippen LogP contribution >= 0.6 is 0 Å². The molecule has 1 aromatic carbocycles. The van der Waals surface area contributed by atoms with Crippen LogP contribution < -0.4 is 10.7 Å². The molecular weight excluding hydrogens is 306 g/mol. The largest absolute Gasteiger partial charge is 0.467 e. The van der Waals surface area contributed by atoms with Crippen molar-refractivity contribution in [3.63, 3.8) is 0 Å². The molecule has 3 rings (SSSR count). The molecular formula is C18H20N3O3+. The van der Waals surface area contributed by atoms with Gasteiger partial charge in [0, 0.05) is 6.92 Å². The summed E-state index contributed by atoms with van der Waals surface area (Å²) >= 11 is 0. The van der Waals surface area contributed by atoms with E-state index in [1.807, 2.05) is 43.3 Å². The summed E-state index contributed by atoms with van der Waals surface area (Å²) in [6.45, 7) is 3.29. The van der Waals surface area contributed by atoms with Crippen LogP contribution in [0.1, 0.15) is 44.1 Å². The molecule has 0 bridgehead atoms. The Balaban J connectivity index is 2.02. The Bertz CT molecular complexity index is 794. The summed E-state index contributed by atoms with van der Waals surface area (Å²) in [7, 11) is 0. The summed E-state index contributed by atoms with van der Waals surface area (Å²) in [4.78, 5) is 23.8. The second-order valence-corrected chi connectivity index (χ2v) is 5.66. The third-order valence-electron chi connectivity index (χ3n) is 3.94. The summed E-state index contributed by atoms with van der Waals surface area (Å²) in [5, 5.41) is 2.83. The number of rotatable bonds is 4. The number of amides is 2. The fraction of sp³-hybridized carbons (Fsp3) is 0.278. The number of benzene rings is 1. The van der Waals surface area contributed by atoms with E-state index in [1.165, 1.54) is 6.92 Å². The molecule has 0 fully saturated rings. The van der Waals surface area contributed by atoms with E-state index in [4.69, 9.17) is 4.42 Å². The highest BCUT2D eigenvalue weighted by Gasteiger charge is 2.39. The maximum absolute atomic E-state index is 12.4. The van der Waals surface area contributed by atoms with Gasteiger partial charge in [0.25, 0.3) is 0 Å². The van der Waals surface area contributed by atoms with Crippen molar-refractivity contribution in [2.24, 2.45) is 0 Å². The Kier molecular flexibility index (Phi) is 4.46. The van der Waals surface area contributed by atoms with Crippen LogP contribution in [0.2, 0.25) is 0 Å². The smallest absolute Gasteiger partial charge is 0.414 e. The second-order valence-electron chi connectivity index (χ2n) is 5.66. The standard InChI is InChI=1S/C18H19N3O3/c1-3-18(23)21-16(11-15(20-21)17-9-6-10-24-17)13-7-4-5-8-14(13)19-12(2)22/h4-10,15,20H,3,11H2,1-2H3/p+1. The van der Waals surface area contributed by atoms with Crippen LogP contribution in [0.15, 0.2) is 47.1 Å². The zero-order valence-electron chi connectivity index (χ0n) is 13.7. The number of furan rings is 1. The Labute approximate surface area is 140 Å². The average Bonchev–Trinajstić information content (AvgIpc) is 3.23. The molecule has 0 aliphatic carbocycles. The van der Waals surface area contributed by atoms with Crippen LogP contribution in [0.5, 0.6) is 0 Å². The van der Waals surface area contributed by atoms with Crippen LogP contribution in [0.25, 0.3) is 0 Å². The molecule has 2 N–H and O–H groups in total. The van der Waals surface area contributed by atoms with Crippen molar-refractivity contribution in [2.45, 2.75) is 32.7 Å². The third-order valence-corrected chi connectivity index (χ3v) is 3.94. The summed E-state index contributed by atoms with van der Waals surface area (Å²) in [5.74, 6) is 0.595. The highest BCUT2D eigenvalue weighted by atomic mass is 16.3. The Hall–Kier alpha value is -2.89.